The second-order valence-corrected chi connectivity index (χ2v) is 6.43. The maximum absolute atomic E-state index is 6.16. The summed E-state index contributed by atoms with van der Waals surface area (Å²) in [6.45, 7) is 3.44. The maximum Gasteiger partial charge on any atom is 0.152 e. The molecule has 0 aliphatic carbocycles. The van der Waals surface area contributed by atoms with Gasteiger partial charge in [-0.2, -0.15) is 0 Å². The number of rotatable bonds is 6. The van der Waals surface area contributed by atoms with Gasteiger partial charge in [-0.1, -0.05) is 22.9 Å². The molecule has 0 radical (unpaired) electrons. The smallest absolute Gasteiger partial charge is 0.152 e. The van der Waals surface area contributed by atoms with Gasteiger partial charge in [0.15, 0.2) is 5.82 Å². The summed E-state index contributed by atoms with van der Waals surface area (Å²) < 4.78 is 3.21. The fraction of sp³-hybridized carbons (Fsp3) is 0.375. The quantitative estimate of drug-likeness (QED) is 0.508. The number of hydrogen-bond donors (Lipinski definition) is 2. The van der Waals surface area contributed by atoms with E-state index in [0.29, 0.717) is 12.4 Å². The van der Waals surface area contributed by atoms with Crippen molar-refractivity contribution < 1.29 is 4.84 Å². The molecule has 0 aliphatic rings. The minimum atomic E-state index is 0.469. The third-order valence-electron chi connectivity index (χ3n) is 3.86. The molecule has 0 aliphatic heterocycles. The number of nitrogens with two attached hydrogens (primary N) is 2. The summed E-state index contributed by atoms with van der Waals surface area (Å²) >= 11 is 3.49. The molecule has 1 aromatic carbocycles. The molecule has 0 atom stereocenters. The highest BCUT2D eigenvalue weighted by Gasteiger charge is 2.16. The summed E-state index contributed by atoms with van der Waals surface area (Å²) in [4.78, 5) is 13.9. The van der Waals surface area contributed by atoms with Gasteiger partial charge in [-0.05, 0) is 31.0 Å². The first-order chi connectivity index (χ1) is 11.2. The summed E-state index contributed by atoms with van der Waals surface area (Å²) in [6, 6.07) is 6.05. The van der Waals surface area contributed by atoms with Crippen molar-refractivity contribution in [3.8, 4) is 0 Å². The zero-order chi connectivity index (χ0) is 16.4. The van der Waals surface area contributed by atoms with Crippen molar-refractivity contribution in [3.63, 3.8) is 0 Å². The monoisotopic (exact) mass is 377 g/mol. The number of pyridine rings is 1. The van der Waals surface area contributed by atoms with Gasteiger partial charge in [-0.15, -0.1) is 0 Å². The molecule has 3 aromatic rings. The van der Waals surface area contributed by atoms with E-state index in [1.54, 1.807) is 0 Å². The van der Waals surface area contributed by atoms with Crippen LogP contribution in [0.15, 0.2) is 22.7 Å². The topological polar surface area (TPSA) is 92.0 Å². The second kappa shape index (κ2) is 6.82. The molecule has 2 heterocycles. The standard InChI is InChI=1S/C16H20BrN5O/c1-2-4-13-21-14-15(22(13)7-3-8-23-19)11-6-5-10(17)9-12(11)20-16(14)18/h5-6,9H,2-4,7-8,19H2,1H3,(H2,18,20). The Morgan fingerprint density at radius 1 is 1.30 bits per heavy atom. The summed E-state index contributed by atoms with van der Waals surface area (Å²) in [5, 5.41) is 1.06. The fourth-order valence-corrected chi connectivity index (χ4v) is 3.24. The van der Waals surface area contributed by atoms with Crippen LogP contribution in [0, 0.1) is 0 Å². The Morgan fingerprint density at radius 2 is 2.13 bits per heavy atom. The molecule has 0 amide bonds. The Labute approximate surface area is 142 Å². The van der Waals surface area contributed by atoms with E-state index < -0.39 is 0 Å². The van der Waals surface area contributed by atoms with Gasteiger partial charge in [-0.25, -0.2) is 15.9 Å². The van der Waals surface area contributed by atoms with Crippen molar-refractivity contribution >= 4 is 43.7 Å². The minimum Gasteiger partial charge on any atom is -0.382 e. The molecule has 0 fully saturated rings. The number of halogens is 1. The predicted molar refractivity (Wildman–Crippen MR) is 95.9 cm³/mol. The van der Waals surface area contributed by atoms with Gasteiger partial charge in [-0.3, -0.25) is 0 Å². The van der Waals surface area contributed by atoms with E-state index in [9.17, 15) is 0 Å². The van der Waals surface area contributed by atoms with E-state index in [-0.39, 0.29) is 0 Å². The molecule has 0 saturated carbocycles. The van der Waals surface area contributed by atoms with E-state index in [0.717, 1.165) is 58.0 Å². The van der Waals surface area contributed by atoms with Crippen molar-refractivity contribution in [2.75, 3.05) is 12.3 Å². The highest BCUT2D eigenvalue weighted by molar-refractivity contribution is 9.10. The average Bonchev–Trinajstić information content (AvgIpc) is 2.87. The number of hydrogen-bond acceptors (Lipinski definition) is 5. The first-order valence-corrected chi connectivity index (χ1v) is 8.50. The number of nitrogens with zero attached hydrogens (tertiary/aromatic N) is 3. The number of fused-ring (bicyclic) bond motifs is 3. The van der Waals surface area contributed by atoms with Gasteiger partial charge in [0.25, 0.3) is 0 Å². The lowest BCUT2D eigenvalue weighted by Gasteiger charge is -2.10. The molecule has 6 nitrogen and oxygen atoms in total. The van der Waals surface area contributed by atoms with Crippen LogP contribution >= 0.6 is 15.9 Å². The molecule has 122 valence electrons. The van der Waals surface area contributed by atoms with Crippen molar-refractivity contribution in [2.45, 2.75) is 32.7 Å². The number of imidazole rings is 1. The summed E-state index contributed by atoms with van der Waals surface area (Å²) in [5.74, 6) is 6.65. The van der Waals surface area contributed by atoms with Crippen LogP contribution in [0.2, 0.25) is 0 Å². The number of benzene rings is 1. The number of aryl methyl sites for hydroxylation is 2. The molecule has 4 N–H and O–H groups in total. The third-order valence-corrected chi connectivity index (χ3v) is 4.36. The van der Waals surface area contributed by atoms with Gasteiger partial charge in [0.2, 0.25) is 0 Å². The van der Waals surface area contributed by atoms with E-state index in [4.69, 9.17) is 21.5 Å². The van der Waals surface area contributed by atoms with Crippen molar-refractivity contribution in [1.29, 1.82) is 0 Å². The van der Waals surface area contributed by atoms with Crippen molar-refractivity contribution in [1.82, 2.24) is 14.5 Å². The lowest BCUT2D eigenvalue weighted by molar-refractivity contribution is 0.132. The van der Waals surface area contributed by atoms with Crippen LogP contribution in [0.1, 0.15) is 25.6 Å². The fourth-order valence-electron chi connectivity index (χ4n) is 2.89. The highest BCUT2D eigenvalue weighted by Crippen LogP contribution is 2.30. The van der Waals surface area contributed by atoms with Gasteiger partial charge in [0.05, 0.1) is 17.6 Å². The molecule has 3 rings (SSSR count). The van der Waals surface area contributed by atoms with E-state index in [1.807, 2.05) is 12.1 Å². The van der Waals surface area contributed by atoms with E-state index in [1.165, 1.54) is 0 Å². The highest BCUT2D eigenvalue weighted by atomic mass is 79.9. The maximum atomic E-state index is 6.16. The van der Waals surface area contributed by atoms with Crippen LogP contribution in [0.4, 0.5) is 5.82 Å². The molecular formula is C16H20BrN5O. The van der Waals surface area contributed by atoms with Crippen LogP contribution in [-0.2, 0) is 17.8 Å². The molecule has 2 aromatic heterocycles. The molecule has 0 bridgehead atoms. The molecule has 0 unspecified atom stereocenters. The van der Waals surface area contributed by atoms with Crippen LogP contribution in [0.25, 0.3) is 21.9 Å². The zero-order valence-corrected chi connectivity index (χ0v) is 14.6. The van der Waals surface area contributed by atoms with Crippen LogP contribution in [-0.4, -0.2) is 21.1 Å². The molecule has 23 heavy (non-hydrogen) atoms. The predicted octanol–water partition coefficient (Wildman–Crippen LogP) is 3.16. The van der Waals surface area contributed by atoms with Gasteiger partial charge < -0.3 is 15.1 Å². The van der Waals surface area contributed by atoms with E-state index in [2.05, 4.69) is 38.5 Å². The zero-order valence-electron chi connectivity index (χ0n) is 13.1. The summed E-state index contributed by atoms with van der Waals surface area (Å²) in [6.07, 6.45) is 2.74. The first-order valence-electron chi connectivity index (χ1n) is 7.71. The van der Waals surface area contributed by atoms with Gasteiger partial charge in [0.1, 0.15) is 11.3 Å². The Bertz CT molecular complexity index is 845. The Morgan fingerprint density at radius 3 is 2.87 bits per heavy atom. The largest absolute Gasteiger partial charge is 0.382 e. The molecule has 7 heteroatoms. The van der Waals surface area contributed by atoms with Gasteiger partial charge in [0, 0.05) is 22.8 Å². The first kappa shape index (κ1) is 16.2. The average molecular weight is 378 g/mol. The van der Waals surface area contributed by atoms with Crippen molar-refractivity contribution in [2.24, 2.45) is 5.90 Å². The third kappa shape index (κ3) is 3.04. The van der Waals surface area contributed by atoms with Crippen molar-refractivity contribution in [3.05, 3.63) is 28.5 Å². The van der Waals surface area contributed by atoms with Crippen LogP contribution in [0.5, 0.6) is 0 Å². The Hall–Kier alpha value is -1.70. The molecule has 0 saturated heterocycles. The van der Waals surface area contributed by atoms with E-state index >= 15 is 0 Å². The molecular weight excluding hydrogens is 358 g/mol. The lowest BCUT2D eigenvalue weighted by Crippen LogP contribution is -2.09. The Kier molecular flexibility index (Phi) is 4.79. The Balaban J connectivity index is 2.26. The van der Waals surface area contributed by atoms with Crippen LogP contribution in [0.3, 0.4) is 0 Å². The number of anilines is 1. The number of aromatic nitrogens is 3. The van der Waals surface area contributed by atoms with Crippen LogP contribution < -0.4 is 11.6 Å². The molecule has 0 spiro atoms. The SMILES string of the molecule is CCCc1nc2c(N)nc3cc(Br)ccc3c2n1CCCON. The lowest BCUT2D eigenvalue weighted by atomic mass is 10.2. The number of nitrogen functional groups attached to an aromatic ring is 1. The summed E-state index contributed by atoms with van der Waals surface area (Å²) in [7, 11) is 0. The minimum absolute atomic E-state index is 0.469. The normalized spacial score (nSPS) is 11.6. The summed E-state index contributed by atoms with van der Waals surface area (Å²) in [5.41, 5.74) is 8.84. The van der Waals surface area contributed by atoms with Gasteiger partial charge >= 0.3 is 0 Å². The second-order valence-electron chi connectivity index (χ2n) is 5.51.